The average molecular weight is 541 g/mol. The van der Waals surface area contributed by atoms with Gasteiger partial charge in [0, 0.05) is 39.8 Å². The molecule has 6 heteroatoms. The Bertz CT molecular complexity index is 1490. The number of rotatable bonds is 6. The third-order valence-corrected chi connectivity index (χ3v) is 7.32. The Morgan fingerprint density at radius 3 is 2.31 bits per heavy atom. The van der Waals surface area contributed by atoms with Gasteiger partial charge in [-0.3, -0.25) is 19.3 Å². The van der Waals surface area contributed by atoms with Gasteiger partial charge in [0.25, 0.3) is 11.8 Å². The van der Waals surface area contributed by atoms with E-state index in [2.05, 4.69) is 15.9 Å². The van der Waals surface area contributed by atoms with E-state index >= 15 is 0 Å². The summed E-state index contributed by atoms with van der Waals surface area (Å²) in [6.07, 6.45) is 0.228. The number of benzene rings is 4. The number of carbonyl (C=O) groups is 3. The maximum Gasteiger partial charge on any atom is 0.261 e. The molecule has 0 saturated carbocycles. The Morgan fingerprint density at radius 1 is 0.861 bits per heavy atom. The first-order chi connectivity index (χ1) is 17.3. The largest absolute Gasteiger partial charge is 0.310 e. The maximum atomic E-state index is 13.5. The summed E-state index contributed by atoms with van der Waals surface area (Å²) in [5.41, 5.74) is 4.75. The lowest BCUT2D eigenvalue weighted by Crippen LogP contribution is -2.46. The number of nitrogens with zero attached hydrogens (tertiary/aromatic N) is 2. The molecule has 5 nitrogen and oxygen atoms in total. The molecule has 0 spiro atoms. The Kier molecular flexibility index (Phi) is 6.46. The van der Waals surface area contributed by atoms with E-state index < -0.39 is 0 Å². The molecule has 0 bridgehead atoms. The van der Waals surface area contributed by atoms with Crippen molar-refractivity contribution in [2.75, 3.05) is 18.0 Å². The molecular formula is C30H25BrN2O3. The van der Waals surface area contributed by atoms with Crippen molar-refractivity contribution < 1.29 is 14.4 Å². The van der Waals surface area contributed by atoms with Crippen LogP contribution in [-0.4, -0.2) is 35.7 Å². The molecule has 0 aromatic heterocycles. The van der Waals surface area contributed by atoms with Gasteiger partial charge in [-0.15, -0.1) is 0 Å². The predicted molar refractivity (Wildman–Crippen MR) is 145 cm³/mol. The number of imide groups is 1. The molecule has 0 saturated heterocycles. The number of anilines is 1. The first kappa shape index (κ1) is 23.9. The van der Waals surface area contributed by atoms with Crippen LogP contribution in [0.3, 0.4) is 0 Å². The van der Waals surface area contributed by atoms with E-state index in [9.17, 15) is 14.4 Å². The summed E-state index contributed by atoms with van der Waals surface area (Å²) in [5, 5.41) is 1.51. The van der Waals surface area contributed by atoms with Crippen LogP contribution < -0.4 is 4.90 Å². The number of hydrogen-bond donors (Lipinski definition) is 0. The lowest BCUT2D eigenvalue weighted by atomic mass is 9.94. The van der Waals surface area contributed by atoms with Gasteiger partial charge in [-0.05, 0) is 54.6 Å². The average Bonchev–Trinajstić information content (AvgIpc) is 2.87. The van der Waals surface area contributed by atoms with Crippen molar-refractivity contribution in [3.8, 4) is 0 Å². The monoisotopic (exact) mass is 540 g/mol. The van der Waals surface area contributed by atoms with E-state index in [-0.39, 0.29) is 37.2 Å². The molecule has 1 aliphatic rings. The SMILES string of the molecule is Cc1ccc(N(CCN2C(=O)c3cccc4c(Br)ccc(c34)C2=O)C(=O)Cc2ccccc2)c(C)c1. The van der Waals surface area contributed by atoms with Crippen LogP contribution in [0.4, 0.5) is 5.69 Å². The molecule has 0 unspecified atom stereocenters. The molecule has 180 valence electrons. The fraction of sp³-hybridized carbons (Fsp3) is 0.167. The second-order valence-electron chi connectivity index (χ2n) is 9.08. The van der Waals surface area contributed by atoms with Gasteiger partial charge in [-0.25, -0.2) is 0 Å². The minimum atomic E-state index is -0.340. The van der Waals surface area contributed by atoms with E-state index in [1.54, 1.807) is 17.0 Å². The smallest absolute Gasteiger partial charge is 0.261 e. The molecule has 4 aromatic rings. The molecule has 1 aliphatic heterocycles. The van der Waals surface area contributed by atoms with Gasteiger partial charge < -0.3 is 4.90 Å². The third-order valence-electron chi connectivity index (χ3n) is 6.63. The normalized spacial score (nSPS) is 12.8. The molecule has 0 atom stereocenters. The summed E-state index contributed by atoms with van der Waals surface area (Å²) in [6, 6.07) is 24.6. The molecule has 4 aromatic carbocycles. The van der Waals surface area contributed by atoms with Crippen molar-refractivity contribution in [3.05, 3.63) is 111 Å². The third kappa shape index (κ3) is 4.33. The zero-order chi connectivity index (χ0) is 25.4. The van der Waals surface area contributed by atoms with Crippen molar-refractivity contribution in [3.63, 3.8) is 0 Å². The Hall–Kier alpha value is -3.77. The number of hydrogen-bond acceptors (Lipinski definition) is 3. The van der Waals surface area contributed by atoms with Crippen molar-refractivity contribution in [1.29, 1.82) is 0 Å². The van der Waals surface area contributed by atoms with Crippen LogP contribution in [0, 0.1) is 13.8 Å². The first-order valence-electron chi connectivity index (χ1n) is 11.8. The highest BCUT2D eigenvalue weighted by molar-refractivity contribution is 9.10. The highest BCUT2D eigenvalue weighted by Gasteiger charge is 2.33. The molecule has 0 radical (unpaired) electrons. The zero-order valence-electron chi connectivity index (χ0n) is 20.1. The van der Waals surface area contributed by atoms with Crippen molar-refractivity contribution in [2.24, 2.45) is 0 Å². The van der Waals surface area contributed by atoms with E-state index in [4.69, 9.17) is 0 Å². The molecule has 36 heavy (non-hydrogen) atoms. The second-order valence-corrected chi connectivity index (χ2v) is 9.94. The summed E-state index contributed by atoms with van der Waals surface area (Å²) in [5.74, 6) is -0.768. The van der Waals surface area contributed by atoms with Crippen molar-refractivity contribution >= 4 is 50.1 Å². The Labute approximate surface area is 218 Å². The first-order valence-corrected chi connectivity index (χ1v) is 12.6. The number of aryl methyl sites for hydroxylation is 2. The quantitative estimate of drug-likeness (QED) is 0.278. The highest BCUT2D eigenvalue weighted by Crippen LogP contribution is 2.34. The molecule has 1 heterocycles. The van der Waals surface area contributed by atoms with Gasteiger partial charge in [0.2, 0.25) is 5.91 Å². The van der Waals surface area contributed by atoms with E-state index in [0.717, 1.165) is 32.2 Å². The highest BCUT2D eigenvalue weighted by atomic mass is 79.9. The Morgan fingerprint density at radius 2 is 1.58 bits per heavy atom. The summed E-state index contributed by atoms with van der Waals surface area (Å²) < 4.78 is 0.838. The van der Waals surface area contributed by atoms with Crippen LogP contribution in [0.15, 0.2) is 83.3 Å². The van der Waals surface area contributed by atoms with Gasteiger partial charge in [0.05, 0.1) is 6.42 Å². The molecule has 3 amide bonds. The molecule has 5 rings (SSSR count). The van der Waals surface area contributed by atoms with Crippen LogP contribution in [0.25, 0.3) is 10.8 Å². The summed E-state index contributed by atoms with van der Waals surface area (Å²) >= 11 is 3.52. The molecule has 0 fully saturated rings. The van der Waals surface area contributed by atoms with Gasteiger partial charge in [0.15, 0.2) is 0 Å². The lowest BCUT2D eigenvalue weighted by molar-refractivity contribution is -0.118. The van der Waals surface area contributed by atoms with Gasteiger partial charge >= 0.3 is 0 Å². The van der Waals surface area contributed by atoms with Crippen molar-refractivity contribution in [1.82, 2.24) is 4.90 Å². The molecular weight excluding hydrogens is 516 g/mol. The minimum Gasteiger partial charge on any atom is -0.310 e. The number of amides is 3. The number of carbonyl (C=O) groups excluding carboxylic acids is 3. The van der Waals surface area contributed by atoms with Gasteiger partial charge in [-0.1, -0.05) is 76.1 Å². The molecule has 0 aliphatic carbocycles. The summed E-state index contributed by atoms with van der Waals surface area (Å²) in [7, 11) is 0. The fourth-order valence-corrected chi connectivity index (χ4v) is 5.33. The Balaban J connectivity index is 1.46. The van der Waals surface area contributed by atoms with Crippen LogP contribution >= 0.6 is 15.9 Å². The maximum absolute atomic E-state index is 13.5. The van der Waals surface area contributed by atoms with E-state index in [1.165, 1.54) is 4.90 Å². The van der Waals surface area contributed by atoms with Crippen LogP contribution in [0.2, 0.25) is 0 Å². The minimum absolute atomic E-state index is 0.0866. The van der Waals surface area contributed by atoms with E-state index in [0.29, 0.717) is 16.5 Å². The van der Waals surface area contributed by atoms with Crippen LogP contribution in [-0.2, 0) is 11.2 Å². The number of halogens is 1. The van der Waals surface area contributed by atoms with Gasteiger partial charge in [0.1, 0.15) is 0 Å². The predicted octanol–water partition coefficient (Wildman–Crippen LogP) is 6.09. The lowest BCUT2D eigenvalue weighted by Gasteiger charge is -2.31. The summed E-state index contributed by atoms with van der Waals surface area (Å²) in [6.45, 7) is 4.28. The van der Waals surface area contributed by atoms with Crippen molar-refractivity contribution in [2.45, 2.75) is 20.3 Å². The summed E-state index contributed by atoms with van der Waals surface area (Å²) in [4.78, 5) is 43.3. The fourth-order valence-electron chi connectivity index (χ4n) is 4.87. The standard InChI is InChI=1S/C30H25BrN2O3/c1-19-11-14-26(20(2)17-19)32(27(34)18-21-7-4-3-5-8-21)15-16-33-29(35)23-10-6-9-22-25(31)13-12-24(28(22)23)30(33)36/h3-14,17H,15-16,18H2,1-2H3. The zero-order valence-corrected chi connectivity index (χ0v) is 21.7. The van der Waals surface area contributed by atoms with E-state index in [1.807, 2.05) is 80.6 Å². The van der Waals surface area contributed by atoms with Gasteiger partial charge in [-0.2, -0.15) is 0 Å². The van der Waals surface area contributed by atoms with Crippen LogP contribution in [0.5, 0.6) is 0 Å². The van der Waals surface area contributed by atoms with Crippen LogP contribution in [0.1, 0.15) is 37.4 Å². The topological polar surface area (TPSA) is 57.7 Å². The molecule has 0 N–H and O–H groups in total. The second kappa shape index (κ2) is 9.70.